The van der Waals surface area contributed by atoms with Gasteiger partial charge in [0.1, 0.15) is 0 Å². The first-order chi connectivity index (χ1) is 5.70. The summed E-state index contributed by atoms with van der Waals surface area (Å²) in [6, 6.07) is 0.447. The fourth-order valence-electron chi connectivity index (χ4n) is 1.59. The normalized spacial score (nSPS) is 15.9. The van der Waals surface area contributed by atoms with E-state index in [1.54, 1.807) is 0 Å². The number of piperidine rings is 1. The highest BCUT2D eigenvalue weighted by atomic mass is 35.5. The smallest absolute Gasteiger partial charge is 0.317 e. The molecule has 0 aliphatic carbocycles. The number of nitrogens with one attached hydrogen (secondary N) is 1. The van der Waals surface area contributed by atoms with E-state index in [-0.39, 0.29) is 36.8 Å². The Morgan fingerprint density at radius 1 is 1.40 bits per heavy atom. The molecule has 0 amide bonds. The Bertz CT molecular complexity index is 166. The molecule has 0 spiro atoms. The fraction of sp³-hybridized carbons (Fsp3) is 0.875. The summed E-state index contributed by atoms with van der Waals surface area (Å²) in [5, 5.41) is 11.8. The standard InChI is InChI=1S/C8H16N2O2.2ClH.H2O/c1-10(6-8(11)12)7-2-4-9-5-3-7;;;/h7,9H,2-6H2,1H3,(H,11,12);2*1H;1H2. The molecule has 1 aliphatic heterocycles. The molecule has 0 aromatic carbocycles. The molecule has 1 fully saturated rings. The average molecular weight is 263 g/mol. The van der Waals surface area contributed by atoms with Crippen molar-refractivity contribution < 1.29 is 15.4 Å². The molecule has 15 heavy (non-hydrogen) atoms. The van der Waals surface area contributed by atoms with E-state index in [9.17, 15) is 4.79 Å². The minimum absolute atomic E-state index is 0. The van der Waals surface area contributed by atoms with Crippen LogP contribution in [0.2, 0.25) is 0 Å². The third-order valence-electron chi connectivity index (χ3n) is 2.32. The van der Waals surface area contributed by atoms with Crippen LogP contribution < -0.4 is 5.32 Å². The van der Waals surface area contributed by atoms with Gasteiger partial charge < -0.3 is 15.9 Å². The molecule has 1 rings (SSSR count). The highest BCUT2D eigenvalue weighted by molar-refractivity contribution is 5.85. The van der Waals surface area contributed by atoms with Gasteiger partial charge in [-0.05, 0) is 33.0 Å². The van der Waals surface area contributed by atoms with Crippen molar-refractivity contribution in [1.29, 1.82) is 0 Å². The largest absolute Gasteiger partial charge is 0.480 e. The second-order valence-corrected chi connectivity index (χ2v) is 3.29. The summed E-state index contributed by atoms with van der Waals surface area (Å²) < 4.78 is 0. The lowest BCUT2D eigenvalue weighted by Gasteiger charge is -2.30. The molecular formula is C8H20Cl2N2O3. The topological polar surface area (TPSA) is 84.1 Å². The molecular weight excluding hydrogens is 243 g/mol. The van der Waals surface area contributed by atoms with Crippen molar-refractivity contribution in [2.45, 2.75) is 18.9 Å². The second-order valence-electron chi connectivity index (χ2n) is 3.29. The summed E-state index contributed by atoms with van der Waals surface area (Å²) in [6.45, 7) is 2.17. The third kappa shape index (κ3) is 7.81. The predicted molar refractivity (Wildman–Crippen MR) is 64.3 cm³/mol. The van der Waals surface area contributed by atoms with Gasteiger partial charge in [-0.2, -0.15) is 0 Å². The highest BCUT2D eigenvalue weighted by Gasteiger charge is 2.18. The van der Waals surface area contributed by atoms with Crippen LogP contribution in [-0.4, -0.2) is 54.2 Å². The van der Waals surface area contributed by atoms with E-state index < -0.39 is 5.97 Å². The first-order valence-corrected chi connectivity index (χ1v) is 4.33. The molecule has 0 atom stereocenters. The van der Waals surface area contributed by atoms with Crippen LogP contribution in [0.25, 0.3) is 0 Å². The number of carbonyl (C=O) groups is 1. The third-order valence-corrected chi connectivity index (χ3v) is 2.32. The second kappa shape index (κ2) is 10.4. The van der Waals surface area contributed by atoms with E-state index in [1.165, 1.54) is 0 Å². The molecule has 0 saturated carbocycles. The summed E-state index contributed by atoms with van der Waals surface area (Å²) in [6.07, 6.45) is 2.12. The minimum atomic E-state index is -0.740. The van der Waals surface area contributed by atoms with Crippen LogP contribution in [0.4, 0.5) is 0 Å². The Hall–Kier alpha value is -0.0700. The van der Waals surface area contributed by atoms with E-state index in [0.717, 1.165) is 25.9 Å². The number of likely N-dealkylation sites (N-methyl/N-ethyl adjacent to an activating group) is 1. The van der Waals surface area contributed by atoms with Crippen molar-refractivity contribution in [2.24, 2.45) is 0 Å². The number of nitrogens with zero attached hydrogens (tertiary/aromatic N) is 1. The van der Waals surface area contributed by atoms with E-state index >= 15 is 0 Å². The van der Waals surface area contributed by atoms with Crippen molar-refractivity contribution in [3.63, 3.8) is 0 Å². The minimum Gasteiger partial charge on any atom is -0.480 e. The Kier molecular flexibility index (Phi) is 14.2. The lowest BCUT2D eigenvalue weighted by atomic mass is 10.1. The number of carboxylic acids is 1. The van der Waals surface area contributed by atoms with Crippen LogP contribution >= 0.6 is 24.8 Å². The van der Waals surface area contributed by atoms with Gasteiger partial charge in [-0.3, -0.25) is 9.69 Å². The number of aliphatic carboxylic acids is 1. The summed E-state index contributed by atoms with van der Waals surface area (Å²) in [4.78, 5) is 12.3. The van der Waals surface area contributed by atoms with Gasteiger partial charge in [0.2, 0.25) is 0 Å². The average Bonchev–Trinajstić information content (AvgIpc) is 2.05. The summed E-state index contributed by atoms with van der Waals surface area (Å²) in [5.74, 6) is -0.740. The van der Waals surface area contributed by atoms with E-state index in [1.807, 2.05) is 11.9 Å². The van der Waals surface area contributed by atoms with Crippen molar-refractivity contribution in [1.82, 2.24) is 10.2 Å². The lowest BCUT2D eigenvalue weighted by Crippen LogP contribution is -2.43. The molecule has 1 aliphatic rings. The monoisotopic (exact) mass is 262 g/mol. The molecule has 1 heterocycles. The van der Waals surface area contributed by atoms with E-state index in [0.29, 0.717) is 6.04 Å². The molecule has 94 valence electrons. The van der Waals surface area contributed by atoms with Crippen LogP contribution in [0, 0.1) is 0 Å². The van der Waals surface area contributed by atoms with Gasteiger partial charge in [-0.15, -0.1) is 24.8 Å². The van der Waals surface area contributed by atoms with Crippen molar-refractivity contribution in [3.8, 4) is 0 Å². The lowest BCUT2D eigenvalue weighted by molar-refractivity contribution is -0.138. The Morgan fingerprint density at radius 2 is 1.87 bits per heavy atom. The summed E-state index contributed by atoms with van der Waals surface area (Å²) >= 11 is 0. The Balaban J connectivity index is -0.000000480. The van der Waals surface area contributed by atoms with Crippen LogP contribution in [0.1, 0.15) is 12.8 Å². The zero-order valence-electron chi connectivity index (χ0n) is 8.73. The molecule has 0 aromatic rings. The number of carboxylic acid groups (broad SMARTS) is 1. The first kappa shape index (κ1) is 20.4. The maximum absolute atomic E-state index is 10.4. The zero-order chi connectivity index (χ0) is 8.97. The van der Waals surface area contributed by atoms with Gasteiger partial charge in [-0.1, -0.05) is 0 Å². The number of hydrogen-bond acceptors (Lipinski definition) is 3. The maximum Gasteiger partial charge on any atom is 0.317 e. The van der Waals surface area contributed by atoms with Crippen molar-refractivity contribution in [3.05, 3.63) is 0 Å². The fourth-order valence-corrected chi connectivity index (χ4v) is 1.59. The number of rotatable bonds is 3. The highest BCUT2D eigenvalue weighted by Crippen LogP contribution is 2.08. The van der Waals surface area contributed by atoms with Crippen LogP contribution in [-0.2, 0) is 4.79 Å². The molecule has 0 unspecified atom stereocenters. The SMILES string of the molecule is CN(CC(=O)O)C1CCNCC1.Cl.Cl.O. The Morgan fingerprint density at radius 3 is 2.27 bits per heavy atom. The summed E-state index contributed by atoms with van der Waals surface area (Å²) in [7, 11) is 1.88. The van der Waals surface area contributed by atoms with E-state index in [4.69, 9.17) is 5.11 Å². The number of hydrogen-bond donors (Lipinski definition) is 2. The Labute approximate surface area is 102 Å². The van der Waals surface area contributed by atoms with Crippen molar-refractivity contribution in [2.75, 3.05) is 26.7 Å². The molecule has 5 nitrogen and oxygen atoms in total. The summed E-state index contributed by atoms with van der Waals surface area (Å²) in [5.41, 5.74) is 0. The molecule has 7 heteroatoms. The molecule has 0 bridgehead atoms. The molecule has 0 aromatic heterocycles. The maximum atomic E-state index is 10.4. The first-order valence-electron chi connectivity index (χ1n) is 4.33. The van der Waals surface area contributed by atoms with Gasteiger partial charge in [-0.25, -0.2) is 0 Å². The quantitative estimate of drug-likeness (QED) is 0.737. The molecule has 1 saturated heterocycles. The molecule has 0 radical (unpaired) electrons. The van der Waals surface area contributed by atoms with Crippen LogP contribution in [0.3, 0.4) is 0 Å². The number of halogens is 2. The van der Waals surface area contributed by atoms with Gasteiger partial charge in [0.15, 0.2) is 0 Å². The zero-order valence-corrected chi connectivity index (χ0v) is 10.4. The van der Waals surface area contributed by atoms with Gasteiger partial charge in [0.25, 0.3) is 0 Å². The molecule has 4 N–H and O–H groups in total. The van der Waals surface area contributed by atoms with Gasteiger partial charge in [0, 0.05) is 6.04 Å². The van der Waals surface area contributed by atoms with Crippen LogP contribution in [0.5, 0.6) is 0 Å². The van der Waals surface area contributed by atoms with Crippen molar-refractivity contribution >= 4 is 30.8 Å². The van der Waals surface area contributed by atoms with Gasteiger partial charge >= 0.3 is 5.97 Å². The van der Waals surface area contributed by atoms with E-state index in [2.05, 4.69) is 5.32 Å². The predicted octanol–water partition coefficient (Wildman–Crippen LogP) is -0.226. The van der Waals surface area contributed by atoms with Gasteiger partial charge in [0.05, 0.1) is 6.54 Å². The van der Waals surface area contributed by atoms with Crippen LogP contribution in [0.15, 0.2) is 0 Å².